The molecule has 1 amide bonds. The predicted octanol–water partition coefficient (Wildman–Crippen LogP) is 3.46. The lowest BCUT2D eigenvalue weighted by molar-refractivity contribution is 0.0944. The molecule has 2 aromatic heterocycles. The quantitative estimate of drug-likeness (QED) is 0.911. The zero-order valence-electron chi connectivity index (χ0n) is 11.6. The van der Waals surface area contributed by atoms with Gasteiger partial charge in [0.25, 0.3) is 5.91 Å². The number of aromatic nitrogens is 2. The lowest BCUT2D eigenvalue weighted by Crippen LogP contribution is -2.31. The second-order valence-electron chi connectivity index (χ2n) is 5.56. The van der Waals surface area contributed by atoms with E-state index in [0.717, 1.165) is 24.2 Å². The highest BCUT2D eigenvalue weighted by Crippen LogP contribution is 2.46. The van der Waals surface area contributed by atoms with Crippen LogP contribution >= 0.6 is 23.1 Å². The van der Waals surface area contributed by atoms with E-state index in [-0.39, 0.29) is 5.91 Å². The number of hydrogen-bond acceptors (Lipinski definition) is 4. The maximum absolute atomic E-state index is 12.3. The zero-order chi connectivity index (χ0) is 14.2. The summed E-state index contributed by atoms with van der Waals surface area (Å²) in [5.74, 6) is 0.0924. The smallest absolute Gasteiger partial charge is 0.253 e. The van der Waals surface area contributed by atoms with Crippen molar-refractivity contribution >= 4 is 29.0 Å². The number of nitrogens with zero attached hydrogens (tertiary/aromatic N) is 1. The average Bonchev–Trinajstić information content (AvgIpc) is 3.19. The van der Waals surface area contributed by atoms with Gasteiger partial charge in [-0.1, -0.05) is 12.8 Å². The highest BCUT2D eigenvalue weighted by Gasteiger charge is 2.30. The zero-order valence-corrected chi connectivity index (χ0v) is 13.3. The predicted molar refractivity (Wildman–Crippen MR) is 86.1 cm³/mol. The van der Waals surface area contributed by atoms with Gasteiger partial charge < -0.3 is 5.32 Å². The molecule has 4 rings (SSSR count). The first-order chi connectivity index (χ1) is 10.3. The molecule has 21 heavy (non-hydrogen) atoms. The maximum atomic E-state index is 12.3. The molecule has 0 aromatic carbocycles. The summed E-state index contributed by atoms with van der Waals surface area (Å²) in [5, 5.41) is 10.9. The van der Waals surface area contributed by atoms with Crippen molar-refractivity contribution in [2.24, 2.45) is 0 Å². The van der Waals surface area contributed by atoms with Crippen LogP contribution in [0.15, 0.2) is 16.5 Å². The molecule has 3 heterocycles. The Morgan fingerprint density at radius 1 is 1.33 bits per heavy atom. The Morgan fingerprint density at radius 3 is 2.95 bits per heavy atom. The van der Waals surface area contributed by atoms with Crippen LogP contribution in [0.3, 0.4) is 0 Å². The molecular weight excluding hydrogens is 302 g/mol. The van der Waals surface area contributed by atoms with Gasteiger partial charge in [0.2, 0.25) is 0 Å². The number of nitrogens with one attached hydrogen (secondary N) is 2. The fraction of sp³-hybridized carbons (Fsp3) is 0.467. The molecule has 0 spiro atoms. The molecule has 6 heteroatoms. The summed E-state index contributed by atoms with van der Waals surface area (Å²) in [6.07, 6.45) is 7.94. The lowest BCUT2D eigenvalue weighted by Gasteiger charge is -2.15. The van der Waals surface area contributed by atoms with Crippen molar-refractivity contribution in [2.45, 2.75) is 41.6 Å². The minimum Gasteiger partial charge on any atom is -0.352 e. The van der Waals surface area contributed by atoms with E-state index in [0.29, 0.717) is 5.25 Å². The highest BCUT2D eigenvalue weighted by molar-refractivity contribution is 8.01. The summed E-state index contributed by atoms with van der Waals surface area (Å²) in [4.78, 5) is 13.5. The van der Waals surface area contributed by atoms with Crippen molar-refractivity contribution < 1.29 is 4.79 Å². The molecule has 0 bridgehead atoms. The van der Waals surface area contributed by atoms with E-state index in [4.69, 9.17) is 0 Å². The first kappa shape index (κ1) is 13.4. The number of carbonyl (C=O) groups excluding carboxylic acids is 1. The Balaban J connectivity index is 1.77. The van der Waals surface area contributed by atoms with Crippen molar-refractivity contribution in [1.29, 1.82) is 0 Å². The van der Waals surface area contributed by atoms with E-state index in [1.54, 1.807) is 11.3 Å². The van der Waals surface area contributed by atoms with Crippen LogP contribution in [0.25, 0.3) is 10.6 Å². The van der Waals surface area contributed by atoms with Crippen LogP contribution < -0.4 is 5.32 Å². The van der Waals surface area contributed by atoms with Gasteiger partial charge >= 0.3 is 0 Å². The normalized spacial score (nSPS) is 18.8. The number of fused-ring (bicyclic) bond motifs is 1. The number of thioether (sulfide) groups is 1. The standard InChI is InChI=1S/C15H17N3OS2/c19-14-12-10(5-7-16-14)13(11-6-8-17-18-11)21-15(12)20-9-3-1-2-4-9/h6,8-9H,1-5,7H2,(H,16,19)(H,17,18). The minimum atomic E-state index is 0.0924. The first-order valence-electron chi connectivity index (χ1n) is 7.43. The highest BCUT2D eigenvalue weighted by atomic mass is 32.2. The van der Waals surface area contributed by atoms with E-state index in [1.807, 2.05) is 24.0 Å². The molecule has 1 fully saturated rings. The third kappa shape index (κ3) is 2.40. The van der Waals surface area contributed by atoms with Gasteiger partial charge in [0.05, 0.1) is 14.6 Å². The number of thiophene rings is 1. The topological polar surface area (TPSA) is 57.8 Å². The number of rotatable bonds is 3. The van der Waals surface area contributed by atoms with Crippen LogP contribution in [0.4, 0.5) is 0 Å². The molecule has 0 unspecified atom stereocenters. The Hall–Kier alpha value is -1.27. The number of H-pyrrole nitrogens is 1. The Morgan fingerprint density at radius 2 is 2.19 bits per heavy atom. The van der Waals surface area contributed by atoms with Crippen LogP contribution in [0, 0.1) is 0 Å². The SMILES string of the molecule is O=C1NCCc2c(-c3cc[nH]n3)sc(SC3CCCC3)c21. The van der Waals surface area contributed by atoms with Gasteiger partial charge in [-0.05, 0) is 30.9 Å². The van der Waals surface area contributed by atoms with Crippen molar-refractivity contribution in [2.75, 3.05) is 6.54 Å². The molecule has 1 aliphatic heterocycles. The van der Waals surface area contributed by atoms with E-state index in [1.165, 1.54) is 40.3 Å². The fourth-order valence-electron chi connectivity index (χ4n) is 3.13. The van der Waals surface area contributed by atoms with Crippen molar-refractivity contribution in [3.63, 3.8) is 0 Å². The third-order valence-electron chi connectivity index (χ3n) is 4.17. The van der Waals surface area contributed by atoms with Crippen molar-refractivity contribution in [3.8, 4) is 10.6 Å². The van der Waals surface area contributed by atoms with Gasteiger partial charge in [-0.25, -0.2) is 0 Å². The Bertz CT molecular complexity index is 657. The first-order valence-corrected chi connectivity index (χ1v) is 9.13. The van der Waals surface area contributed by atoms with Crippen LogP contribution in [0.2, 0.25) is 0 Å². The van der Waals surface area contributed by atoms with Crippen LogP contribution in [0.1, 0.15) is 41.6 Å². The maximum Gasteiger partial charge on any atom is 0.253 e. The van der Waals surface area contributed by atoms with Crippen molar-refractivity contribution in [3.05, 3.63) is 23.4 Å². The monoisotopic (exact) mass is 319 g/mol. The molecule has 1 saturated carbocycles. The molecular formula is C15H17N3OS2. The molecule has 0 radical (unpaired) electrons. The van der Waals surface area contributed by atoms with Crippen LogP contribution in [-0.2, 0) is 6.42 Å². The fourth-order valence-corrected chi connectivity index (χ4v) is 6.24. The van der Waals surface area contributed by atoms with Crippen LogP contribution in [-0.4, -0.2) is 27.9 Å². The lowest BCUT2D eigenvalue weighted by atomic mass is 10.0. The summed E-state index contributed by atoms with van der Waals surface area (Å²) in [7, 11) is 0. The number of hydrogen-bond donors (Lipinski definition) is 2. The summed E-state index contributed by atoms with van der Waals surface area (Å²) < 4.78 is 1.19. The minimum absolute atomic E-state index is 0.0924. The largest absolute Gasteiger partial charge is 0.352 e. The van der Waals surface area contributed by atoms with Gasteiger partial charge in [-0.2, -0.15) is 5.10 Å². The molecule has 0 saturated heterocycles. The van der Waals surface area contributed by atoms with Crippen molar-refractivity contribution in [1.82, 2.24) is 15.5 Å². The summed E-state index contributed by atoms with van der Waals surface area (Å²) in [6.45, 7) is 0.730. The van der Waals surface area contributed by atoms with Gasteiger partial charge in [-0.3, -0.25) is 9.89 Å². The van der Waals surface area contributed by atoms with E-state index in [9.17, 15) is 4.79 Å². The Labute approximate surface area is 131 Å². The third-order valence-corrected chi connectivity index (χ3v) is 6.98. The molecule has 1 aliphatic carbocycles. The van der Waals surface area contributed by atoms with Gasteiger partial charge in [0, 0.05) is 18.0 Å². The molecule has 4 nitrogen and oxygen atoms in total. The Kier molecular flexibility index (Phi) is 3.51. The second-order valence-corrected chi connectivity index (χ2v) is 8.15. The number of aromatic amines is 1. The molecule has 2 aliphatic rings. The van der Waals surface area contributed by atoms with E-state index in [2.05, 4.69) is 15.5 Å². The van der Waals surface area contributed by atoms with Gasteiger partial charge in [0.15, 0.2) is 0 Å². The molecule has 2 N–H and O–H groups in total. The molecule has 2 aromatic rings. The summed E-state index contributed by atoms with van der Waals surface area (Å²) in [6, 6.07) is 1.99. The summed E-state index contributed by atoms with van der Waals surface area (Å²) in [5.41, 5.74) is 3.07. The van der Waals surface area contributed by atoms with Gasteiger partial charge in [-0.15, -0.1) is 23.1 Å². The molecule has 0 atom stereocenters. The van der Waals surface area contributed by atoms with Crippen LogP contribution in [0.5, 0.6) is 0 Å². The average molecular weight is 319 g/mol. The van der Waals surface area contributed by atoms with E-state index < -0.39 is 0 Å². The second kappa shape index (κ2) is 5.50. The van der Waals surface area contributed by atoms with E-state index >= 15 is 0 Å². The molecule has 110 valence electrons. The number of carbonyl (C=O) groups is 1. The van der Waals surface area contributed by atoms with Gasteiger partial charge in [0.1, 0.15) is 5.69 Å². The number of amides is 1. The summed E-state index contributed by atoms with van der Waals surface area (Å²) >= 11 is 3.65.